The first-order chi connectivity index (χ1) is 14.5. The highest BCUT2D eigenvalue weighted by Crippen LogP contribution is 2.27. The molecule has 2 aliphatic rings. The van der Waals surface area contributed by atoms with E-state index in [9.17, 15) is 4.79 Å². The molecule has 2 aliphatic heterocycles. The molecule has 4 heterocycles. The fraction of sp³-hybridized carbons (Fsp3) is 0.727. The summed E-state index contributed by atoms with van der Waals surface area (Å²) in [6.45, 7) is 10.6. The predicted octanol–water partition coefficient (Wildman–Crippen LogP) is 2.45. The topological polar surface area (TPSA) is 79.2 Å². The fourth-order valence-corrected chi connectivity index (χ4v) is 4.63. The van der Waals surface area contributed by atoms with Crippen molar-refractivity contribution in [3.05, 3.63) is 12.0 Å². The molecule has 0 spiro atoms. The highest BCUT2D eigenvalue weighted by atomic mass is 16.2. The molecule has 8 nitrogen and oxygen atoms in total. The number of anilines is 1. The van der Waals surface area contributed by atoms with Crippen LogP contribution in [0, 0.1) is 11.8 Å². The van der Waals surface area contributed by atoms with Crippen LogP contribution in [0.2, 0.25) is 0 Å². The van der Waals surface area contributed by atoms with Crippen molar-refractivity contribution in [2.45, 2.75) is 46.0 Å². The molecule has 164 valence electrons. The molecule has 2 aromatic rings. The highest BCUT2D eigenvalue weighted by molar-refractivity contribution is 5.95. The number of fused-ring (bicyclic) bond motifs is 1. The highest BCUT2D eigenvalue weighted by Gasteiger charge is 2.24. The number of rotatable bonds is 6. The third kappa shape index (κ3) is 4.74. The number of hydrogen-bond acceptors (Lipinski definition) is 6. The lowest BCUT2D eigenvalue weighted by atomic mass is 9.93. The SMILES string of the molecule is CCN1CCC(CCNC(=O)c2nc(N3CCC(C)CC3)c3cn(C)nc3n2)CC1. The first-order valence-corrected chi connectivity index (χ1v) is 11.5. The smallest absolute Gasteiger partial charge is 0.289 e. The van der Waals surface area contributed by atoms with Gasteiger partial charge in [0.05, 0.1) is 5.39 Å². The summed E-state index contributed by atoms with van der Waals surface area (Å²) < 4.78 is 1.75. The zero-order chi connectivity index (χ0) is 21.1. The van der Waals surface area contributed by atoms with Crippen LogP contribution in [0.5, 0.6) is 0 Å². The summed E-state index contributed by atoms with van der Waals surface area (Å²) in [6.07, 6.45) is 7.70. The van der Waals surface area contributed by atoms with E-state index >= 15 is 0 Å². The first kappa shape index (κ1) is 21.0. The van der Waals surface area contributed by atoms with Gasteiger partial charge in [-0.25, -0.2) is 9.97 Å². The van der Waals surface area contributed by atoms with E-state index in [0.717, 1.165) is 56.0 Å². The van der Waals surface area contributed by atoms with Crippen molar-refractivity contribution in [3.8, 4) is 0 Å². The predicted molar refractivity (Wildman–Crippen MR) is 119 cm³/mol. The van der Waals surface area contributed by atoms with Gasteiger partial charge in [-0.1, -0.05) is 13.8 Å². The number of aryl methyl sites for hydroxylation is 1. The lowest BCUT2D eigenvalue weighted by Gasteiger charge is -2.31. The minimum atomic E-state index is -0.194. The maximum Gasteiger partial charge on any atom is 0.289 e. The van der Waals surface area contributed by atoms with E-state index in [1.54, 1.807) is 4.68 Å². The average molecular weight is 414 g/mol. The zero-order valence-corrected chi connectivity index (χ0v) is 18.6. The molecule has 0 aromatic carbocycles. The number of carbonyl (C=O) groups excluding carboxylic acids is 1. The van der Waals surface area contributed by atoms with Gasteiger partial charge >= 0.3 is 0 Å². The third-order valence-corrected chi connectivity index (χ3v) is 6.75. The number of nitrogens with one attached hydrogen (secondary N) is 1. The van der Waals surface area contributed by atoms with Gasteiger partial charge in [-0.15, -0.1) is 0 Å². The van der Waals surface area contributed by atoms with Crippen LogP contribution in [0.25, 0.3) is 11.0 Å². The Bertz CT molecular complexity index is 864. The minimum Gasteiger partial charge on any atom is -0.356 e. The lowest BCUT2D eigenvalue weighted by Crippen LogP contribution is -2.36. The van der Waals surface area contributed by atoms with Crippen molar-refractivity contribution < 1.29 is 4.79 Å². The second kappa shape index (κ2) is 9.29. The summed E-state index contributed by atoms with van der Waals surface area (Å²) >= 11 is 0. The summed E-state index contributed by atoms with van der Waals surface area (Å²) in [7, 11) is 1.88. The molecule has 0 bridgehead atoms. The van der Waals surface area contributed by atoms with Gasteiger partial charge in [-0.3, -0.25) is 9.48 Å². The number of piperidine rings is 2. The summed E-state index contributed by atoms with van der Waals surface area (Å²) in [5, 5.41) is 8.42. The van der Waals surface area contributed by atoms with E-state index in [0.29, 0.717) is 18.1 Å². The van der Waals surface area contributed by atoms with Gasteiger partial charge in [-0.2, -0.15) is 5.10 Å². The van der Waals surface area contributed by atoms with Crippen molar-refractivity contribution in [3.63, 3.8) is 0 Å². The van der Waals surface area contributed by atoms with Gasteiger partial charge in [0.25, 0.3) is 5.91 Å². The molecule has 2 saturated heterocycles. The molecule has 0 aliphatic carbocycles. The van der Waals surface area contributed by atoms with Crippen LogP contribution < -0.4 is 10.2 Å². The van der Waals surface area contributed by atoms with Gasteiger partial charge in [-0.05, 0) is 63.6 Å². The normalized spacial score (nSPS) is 19.5. The number of likely N-dealkylation sites (tertiary alicyclic amines) is 1. The van der Waals surface area contributed by atoms with Gasteiger partial charge in [0.2, 0.25) is 5.82 Å². The quantitative estimate of drug-likeness (QED) is 0.784. The molecule has 1 N–H and O–H groups in total. The maximum atomic E-state index is 12.8. The molecular weight excluding hydrogens is 378 g/mol. The molecule has 2 aromatic heterocycles. The van der Waals surface area contributed by atoms with Gasteiger partial charge in [0.15, 0.2) is 5.65 Å². The molecular formula is C22H35N7O. The molecule has 1 amide bonds. The van der Waals surface area contributed by atoms with Crippen LogP contribution >= 0.6 is 0 Å². The van der Waals surface area contributed by atoms with Crippen LogP contribution in [0.3, 0.4) is 0 Å². The minimum absolute atomic E-state index is 0.194. The van der Waals surface area contributed by atoms with E-state index in [2.05, 4.69) is 39.0 Å². The number of amides is 1. The van der Waals surface area contributed by atoms with Crippen LogP contribution in [0.1, 0.15) is 56.6 Å². The van der Waals surface area contributed by atoms with Crippen molar-refractivity contribution in [2.75, 3.05) is 44.2 Å². The Hall–Kier alpha value is -2.22. The molecule has 0 atom stereocenters. The summed E-state index contributed by atoms with van der Waals surface area (Å²) in [6, 6.07) is 0. The maximum absolute atomic E-state index is 12.8. The van der Waals surface area contributed by atoms with Crippen LogP contribution in [0.4, 0.5) is 5.82 Å². The van der Waals surface area contributed by atoms with Crippen molar-refractivity contribution in [1.29, 1.82) is 0 Å². The van der Waals surface area contributed by atoms with Crippen molar-refractivity contribution in [1.82, 2.24) is 30.0 Å². The average Bonchev–Trinajstić information content (AvgIpc) is 3.14. The van der Waals surface area contributed by atoms with E-state index in [1.807, 2.05) is 13.2 Å². The number of carbonyl (C=O) groups is 1. The largest absolute Gasteiger partial charge is 0.356 e. The van der Waals surface area contributed by atoms with E-state index in [-0.39, 0.29) is 11.7 Å². The fourth-order valence-electron chi connectivity index (χ4n) is 4.63. The Morgan fingerprint density at radius 3 is 2.57 bits per heavy atom. The number of nitrogens with zero attached hydrogens (tertiary/aromatic N) is 6. The van der Waals surface area contributed by atoms with Crippen LogP contribution in [-0.2, 0) is 7.05 Å². The summed E-state index contributed by atoms with van der Waals surface area (Å²) in [4.78, 5) is 26.8. The Kier molecular flexibility index (Phi) is 6.51. The Labute approximate surface area is 179 Å². The molecule has 0 unspecified atom stereocenters. The Balaban J connectivity index is 1.42. The molecule has 30 heavy (non-hydrogen) atoms. The number of hydrogen-bond donors (Lipinski definition) is 1. The van der Waals surface area contributed by atoms with Crippen LogP contribution in [-0.4, -0.2) is 69.8 Å². The summed E-state index contributed by atoms with van der Waals surface area (Å²) in [5.74, 6) is 2.31. The van der Waals surface area contributed by atoms with Gasteiger partial charge < -0.3 is 15.1 Å². The standard InChI is InChI=1S/C22H35N7O/c1-4-28-11-8-17(9-12-28)5-10-23-22(30)20-24-19-18(15-27(3)26-19)21(25-20)29-13-6-16(2)7-14-29/h15-17H,4-14H2,1-3H3,(H,23,30). The van der Waals surface area contributed by atoms with Gasteiger partial charge in [0.1, 0.15) is 5.82 Å². The summed E-state index contributed by atoms with van der Waals surface area (Å²) in [5.41, 5.74) is 0.596. The molecule has 4 rings (SSSR count). The lowest BCUT2D eigenvalue weighted by molar-refractivity contribution is 0.0938. The van der Waals surface area contributed by atoms with Crippen LogP contribution in [0.15, 0.2) is 6.20 Å². The third-order valence-electron chi connectivity index (χ3n) is 6.75. The monoisotopic (exact) mass is 413 g/mol. The zero-order valence-electron chi connectivity index (χ0n) is 18.6. The van der Waals surface area contributed by atoms with Crippen molar-refractivity contribution >= 4 is 22.8 Å². The van der Waals surface area contributed by atoms with E-state index in [1.165, 1.54) is 25.9 Å². The van der Waals surface area contributed by atoms with Crippen molar-refractivity contribution in [2.24, 2.45) is 18.9 Å². The Morgan fingerprint density at radius 2 is 1.87 bits per heavy atom. The molecule has 0 saturated carbocycles. The number of aromatic nitrogens is 4. The molecule has 0 radical (unpaired) electrons. The molecule has 8 heteroatoms. The first-order valence-electron chi connectivity index (χ1n) is 11.5. The second-order valence-electron chi connectivity index (χ2n) is 9.00. The second-order valence-corrected chi connectivity index (χ2v) is 9.00. The Morgan fingerprint density at radius 1 is 1.13 bits per heavy atom. The van der Waals surface area contributed by atoms with Gasteiger partial charge in [0, 0.05) is 32.9 Å². The van der Waals surface area contributed by atoms with E-state index in [4.69, 9.17) is 4.98 Å². The molecule has 2 fully saturated rings. The van der Waals surface area contributed by atoms with E-state index < -0.39 is 0 Å².